The lowest BCUT2D eigenvalue weighted by Gasteiger charge is -2.17. The number of amides is 3. The molecule has 0 aliphatic carbocycles. The van der Waals surface area contributed by atoms with Crippen LogP contribution in [0.25, 0.3) is 0 Å². The largest absolute Gasteiger partial charge is 0.469 e. The third-order valence-electron chi connectivity index (χ3n) is 4.55. The van der Waals surface area contributed by atoms with Crippen molar-refractivity contribution in [2.45, 2.75) is 19.1 Å². The monoisotopic (exact) mass is 516 g/mol. The van der Waals surface area contributed by atoms with Gasteiger partial charge in [0.05, 0.1) is 25.0 Å². The van der Waals surface area contributed by atoms with E-state index < -0.39 is 60.3 Å². The number of nitro groups is 1. The molecule has 196 valence electrons. The summed E-state index contributed by atoms with van der Waals surface area (Å²) < 4.78 is 14.5. The second-order valence-corrected chi connectivity index (χ2v) is 7.26. The number of alkyl carbamates (subject to hydrolysis) is 1. The maximum absolute atomic E-state index is 12.5. The molecule has 0 saturated carbocycles. The predicted octanol–water partition coefficient (Wildman–Crippen LogP) is 0.591. The summed E-state index contributed by atoms with van der Waals surface area (Å²) in [4.78, 5) is 70.1. The average molecular weight is 516 g/mol. The summed E-state index contributed by atoms with van der Waals surface area (Å²) >= 11 is 0. The van der Waals surface area contributed by atoms with Gasteiger partial charge in [0.1, 0.15) is 24.9 Å². The van der Waals surface area contributed by atoms with Crippen LogP contribution in [0, 0.1) is 10.1 Å². The molecule has 14 nitrogen and oxygen atoms in total. The van der Waals surface area contributed by atoms with Crippen LogP contribution < -0.4 is 20.7 Å². The zero-order valence-corrected chi connectivity index (χ0v) is 19.6. The molecule has 0 spiro atoms. The minimum absolute atomic E-state index is 0.0361. The molecule has 14 heteroatoms. The number of methoxy groups -OCH3 is 1. The first-order chi connectivity index (χ1) is 17.7. The van der Waals surface area contributed by atoms with Gasteiger partial charge in [0.15, 0.2) is 0 Å². The second kappa shape index (κ2) is 14.4. The third kappa shape index (κ3) is 10.4. The molecule has 2 rings (SSSR count). The summed E-state index contributed by atoms with van der Waals surface area (Å²) in [6.45, 7) is -1.21. The molecule has 0 aromatic heterocycles. The molecule has 0 aliphatic rings. The number of rotatable bonds is 12. The van der Waals surface area contributed by atoms with E-state index in [2.05, 4.69) is 20.7 Å². The standard InChI is InChI=1S/C23H24N4O10/c1-35-20(29)11-18(26-23(32)36-14-15-5-3-2-4-6-15)22(31)25-12-19(28)24-13-21(30)37-17-9-7-16(8-10-17)27(33)34/h2-10,18H,11-14H2,1H3,(H,24,28)(H,25,31)(H,26,32). The summed E-state index contributed by atoms with van der Waals surface area (Å²) in [6.07, 6.45) is -1.49. The molecule has 1 atom stereocenters. The smallest absolute Gasteiger partial charge is 0.408 e. The molecule has 0 aliphatic heterocycles. The number of carbonyl (C=O) groups is 5. The Labute approximate surface area is 210 Å². The molecule has 1 unspecified atom stereocenters. The fraction of sp³-hybridized carbons (Fsp3) is 0.261. The van der Waals surface area contributed by atoms with Crippen LogP contribution in [-0.2, 0) is 35.3 Å². The third-order valence-corrected chi connectivity index (χ3v) is 4.55. The number of ether oxygens (including phenoxy) is 3. The number of nitro benzene ring substituents is 1. The summed E-state index contributed by atoms with van der Waals surface area (Å²) in [5.41, 5.74) is 0.517. The number of hydrogen-bond acceptors (Lipinski definition) is 10. The highest BCUT2D eigenvalue weighted by Gasteiger charge is 2.25. The maximum atomic E-state index is 12.5. The Kier molecular flexibility index (Phi) is 11.0. The van der Waals surface area contributed by atoms with Gasteiger partial charge in [-0.15, -0.1) is 0 Å². The van der Waals surface area contributed by atoms with E-state index in [1.165, 1.54) is 12.1 Å². The van der Waals surface area contributed by atoms with E-state index in [4.69, 9.17) is 9.47 Å². The zero-order valence-electron chi connectivity index (χ0n) is 19.6. The lowest BCUT2D eigenvalue weighted by molar-refractivity contribution is -0.384. The van der Waals surface area contributed by atoms with Crippen molar-refractivity contribution < 1.29 is 43.1 Å². The Bertz CT molecular complexity index is 1120. The summed E-state index contributed by atoms with van der Waals surface area (Å²) in [6, 6.07) is 12.1. The van der Waals surface area contributed by atoms with E-state index in [0.29, 0.717) is 5.56 Å². The normalized spacial score (nSPS) is 10.8. The molecule has 2 aromatic carbocycles. The number of hydrogen-bond donors (Lipinski definition) is 3. The van der Waals surface area contributed by atoms with Gasteiger partial charge in [-0.1, -0.05) is 30.3 Å². The molecule has 0 saturated heterocycles. The van der Waals surface area contributed by atoms with Gasteiger partial charge in [0, 0.05) is 12.1 Å². The van der Waals surface area contributed by atoms with E-state index in [9.17, 15) is 34.1 Å². The minimum atomic E-state index is -1.39. The van der Waals surface area contributed by atoms with Crippen molar-refractivity contribution in [2.24, 2.45) is 0 Å². The van der Waals surface area contributed by atoms with Crippen molar-refractivity contribution >= 4 is 35.5 Å². The van der Waals surface area contributed by atoms with Gasteiger partial charge in [-0.05, 0) is 17.7 Å². The van der Waals surface area contributed by atoms with E-state index in [1.54, 1.807) is 30.3 Å². The minimum Gasteiger partial charge on any atom is -0.469 e. The van der Waals surface area contributed by atoms with Crippen molar-refractivity contribution in [3.63, 3.8) is 0 Å². The number of carbonyl (C=O) groups excluding carboxylic acids is 5. The van der Waals surface area contributed by atoms with Crippen molar-refractivity contribution in [3.8, 4) is 5.75 Å². The van der Waals surface area contributed by atoms with E-state index >= 15 is 0 Å². The highest BCUT2D eigenvalue weighted by Crippen LogP contribution is 2.17. The van der Waals surface area contributed by atoms with Gasteiger partial charge in [-0.3, -0.25) is 24.5 Å². The van der Waals surface area contributed by atoms with E-state index in [0.717, 1.165) is 19.2 Å². The number of benzene rings is 2. The van der Waals surface area contributed by atoms with Gasteiger partial charge in [0.25, 0.3) is 5.69 Å². The number of nitrogens with one attached hydrogen (secondary N) is 3. The first kappa shape index (κ1) is 28.2. The molecule has 3 amide bonds. The van der Waals surface area contributed by atoms with Crippen LogP contribution in [-0.4, -0.2) is 61.0 Å². The molecule has 0 heterocycles. The molecule has 0 radical (unpaired) electrons. The van der Waals surface area contributed by atoms with Crippen molar-refractivity contribution in [1.29, 1.82) is 0 Å². The lowest BCUT2D eigenvalue weighted by atomic mass is 10.2. The molecular weight excluding hydrogens is 492 g/mol. The Morgan fingerprint density at radius 1 is 0.919 bits per heavy atom. The highest BCUT2D eigenvalue weighted by atomic mass is 16.6. The van der Waals surface area contributed by atoms with Gasteiger partial charge in [0.2, 0.25) is 11.8 Å². The maximum Gasteiger partial charge on any atom is 0.408 e. The van der Waals surface area contributed by atoms with Crippen LogP contribution in [0.5, 0.6) is 5.75 Å². The Hall–Kier alpha value is -5.01. The topological polar surface area (TPSA) is 192 Å². The van der Waals surface area contributed by atoms with Crippen LogP contribution in [0.15, 0.2) is 54.6 Å². The van der Waals surface area contributed by atoms with Crippen LogP contribution in [0.3, 0.4) is 0 Å². The average Bonchev–Trinajstić information content (AvgIpc) is 2.89. The SMILES string of the molecule is COC(=O)CC(NC(=O)OCc1ccccc1)C(=O)NCC(=O)NCC(=O)Oc1ccc([N+](=O)[O-])cc1. The van der Waals surface area contributed by atoms with Crippen LogP contribution >= 0.6 is 0 Å². The second-order valence-electron chi connectivity index (χ2n) is 7.26. The van der Waals surface area contributed by atoms with Crippen LogP contribution in [0.4, 0.5) is 10.5 Å². The van der Waals surface area contributed by atoms with E-state index in [1.807, 2.05) is 0 Å². The first-order valence-electron chi connectivity index (χ1n) is 10.7. The molecule has 3 N–H and O–H groups in total. The van der Waals surface area contributed by atoms with Gasteiger partial charge >= 0.3 is 18.0 Å². The number of non-ortho nitro benzene ring substituents is 1. The Morgan fingerprint density at radius 2 is 1.59 bits per heavy atom. The lowest BCUT2D eigenvalue weighted by Crippen LogP contribution is -2.50. The quantitative estimate of drug-likeness (QED) is 0.156. The predicted molar refractivity (Wildman–Crippen MR) is 125 cm³/mol. The molecule has 0 fully saturated rings. The number of nitrogens with zero attached hydrogens (tertiary/aromatic N) is 1. The highest BCUT2D eigenvalue weighted by molar-refractivity contribution is 5.92. The van der Waals surface area contributed by atoms with Gasteiger partial charge in [-0.2, -0.15) is 0 Å². The fourth-order valence-electron chi connectivity index (χ4n) is 2.69. The van der Waals surface area contributed by atoms with Crippen molar-refractivity contribution in [2.75, 3.05) is 20.2 Å². The van der Waals surface area contributed by atoms with Crippen molar-refractivity contribution in [1.82, 2.24) is 16.0 Å². The van der Waals surface area contributed by atoms with Gasteiger partial charge in [-0.25, -0.2) is 9.59 Å². The van der Waals surface area contributed by atoms with Gasteiger partial charge < -0.3 is 30.2 Å². The first-order valence-corrected chi connectivity index (χ1v) is 10.7. The zero-order chi connectivity index (χ0) is 27.2. The summed E-state index contributed by atoms with van der Waals surface area (Å²) in [5.74, 6) is -3.25. The summed E-state index contributed by atoms with van der Waals surface area (Å²) in [5, 5.41) is 17.3. The summed E-state index contributed by atoms with van der Waals surface area (Å²) in [7, 11) is 1.11. The van der Waals surface area contributed by atoms with Crippen molar-refractivity contribution in [3.05, 3.63) is 70.3 Å². The molecular formula is C23H24N4O10. The Morgan fingerprint density at radius 3 is 2.22 bits per heavy atom. The number of esters is 2. The van der Waals surface area contributed by atoms with Crippen LogP contribution in [0.2, 0.25) is 0 Å². The molecule has 0 bridgehead atoms. The van der Waals surface area contributed by atoms with Crippen LogP contribution in [0.1, 0.15) is 12.0 Å². The Balaban J connectivity index is 1.79. The molecule has 37 heavy (non-hydrogen) atoms. The fourth-order valence-corrected chi connectivity index (χ4v) is 2.69. The van der Waals surface area contributed by atoms with E-state index in [-0.39, 0.29) is 18.0 Å². The molecule has 2 aromatic rings.